The van der Waals surface area contributed by atoms with Gasteiger partial charge < -0.3 is 10.1 Å². The summed E-state index contributed by atoms with van der Waals surface area (Å²) in [7, 11) is -3.75. The van der Waals surface area contributed by atoms with Crippen LogP contribution in [-0.4, -0.2) is 25.9 Å². The molecule has 8 nitrogen and oxygen atoms in total. The molecule has 0 aliphatic carbocycles. The Hall–Kier alpha value is -3.42. The van der Waals surface area contributed by atoms with Crippen molar-refractivity contribution < 1.29 is 17.9 Å². The smallest absolute Gasteiger partial charge is 0.263 e. The summed E-state index contributed by atoms with van der Waals surface area (Å²) in [5.74, 6) is -0.126. The minimum Gasteiger partial charge on any atom is -0.482 e. The second kappa shape index (κ2) is 8.51. The molecule has 28 heavy (non-hydrogen) atoms. The summed E-state index contributed by atoms with van der Waals surface area (Å²) in [5.41, 5.74) is 0.743. The van der Waals surface area contributed by atoms with Crippen LogP contribution in [0.2, 0.25) is 0 Å². The molecule has 0 saturated carbocycles. The van der Waals surface area contributed by atoms with Crippen LogP contribution >= 0.6 is 11.3 Å². The van der Waals surface area contributed by atoms with E-state index in [2.05, 4.69) is 15.0 Å². The Morgan fingerprint density at radius 3 is 2.61 bits per heavy atom. The topological polar surface area (TPSA) is 121 Å². The maximum Gasteiger partial charge on any atom is 0.263 e. The van der Waals surface area contributed by atoms with Gasteiger partial charge in [-0.15, -0.1) is 11.3 Å². The van der Waals surface area contributed by atoms with Gasteiger partial charge in [0.1, 0.15) is 11.8 Å². The summed E-state index contributed by atoms with van der Waals surface area (Å²) >= 11 is 1.17. The van der Waals surface area contributed by atoms with Gasteiger partial charge in [0.05, 0.1) is 10.5 Å². The number of ether oxygens (including phenoxy) is 1. The molecule has 1 amide bonds. The van der Waals surface area contributed by atoms with Gasteiger partial charge in [0.15, 0.2) is 11.7 Å². The molecule has 2 aromatic carbocycles. The third-order valence-electron chi connectivity index (χ3n) is 3.47. The summed E-state index contributed by atoms with van der Waals surface area (Å²) < 4.78 is 32.3. The fourth-order valence-corrected chi connectivity index (χ4v) is 3.98. The Bertz CT molecular complexity index is 1110. The molecule has 3 rings (SSSR count). The third kappa shape index (κ3) is 4.85. The van der Waals surface area contributed by atoms with E-state index in [9.17, 15) is 13.2 Å². The molecular formula is C18H14N4O4S2. The molecule has 142 valence electrons. The Balaban J connectivity index is 1.59. The van der Waals surface area contributed by atoms with E-state index >= 15 is 0 Å². The van der Waals surface area contributed by atoms with Gasteiger partial charge in [-0.3, -0.25) is 9.52 Å². The average molecular weight is 414 g/mol. The van der Waals surface area contributed by atoms with Crippen molar-refractivity contribution in [2.45, 2.75) is 4.90 Å². The van der Waals surface area contributed by atoms with Gasteiger partial charge in [-0.2, -0.15) is 5.26 Å². The SMILES string of the molecule is N#Cc1ccccc1OCC(=O)Nc1ccc(S(=O)(=O)Nc2nccs2)cc1. The van der Waals surface area contributed by atoms with Crippen LogP contribution in [0.1, 0.15) is 5.56 Å². The first kappa shape index (κ1) is 19.3. The number of hydrogen-bond donors (Lipinski definition) is 2. The third-order valence-corrected chi connectivity index (χ3v) is 5.64. The molecule has 0 saturated heterocycles. The summed E-state index contributed by atoms with van der Waals surface area (Å²) in [5, 5.41) is 13.5. The van der Waals surface area contributed by atoms with Crippen LogP contribution in [0.25, 0.3) is 0 Å². The highest BCUT2D eigenvalue weighted by Crippen LogP contribution is 2.20. The molecule has 3 aromatic rings. The Morgan fingerprint density at radius 2 is 1.93 bits per heavy atom. The quantitative estimate of drug-likeness (QED) is 0.613. The molecule has 1 aromatic heterocycles. The first-order valence-electron chi connectivity index (χ1n) is 7.92. The molecule has 10 heteroatoms. The lowest BCUT2D eigenvalue weighted by atomic mass is 10.2. The van der Waals surface area contributed by atoms with E-state index in [1.807, 2.05) is 6.07 Å². The highest BCUT2D eigenvalue weighted by atomic mass is 32.2. The van der Waals surface area contributed by atoms with Gasteiger partial charge in [-0.05, 0) is 36.4 Å². The highest BCUT2D eigenvalue weighted by Gasteiger charge is 2.15. The molecule has 0 bridgehead atoms. The van der Waals surface area contributed by atoms with Crippen molar-refractivity contribution in [1.82, 2.24) is 4.98 Å². The van der Waals surface area contributed by atoms with Gasteiger partial charge in [-0.1, -0.05) is 12.1 Å². The van der Waals surface area contributed by atoms with Crippen molar-refractivity contribution in [3.05, 3.63) is 65.7 Å². The number of nitrogens with zero attached hydrogens (tertiary/aromatic N) is 2. The van der Waals surface area contributed by atoms with Gasteiger partial charge in [0, 0.05) is 17.3 Å². The Kier molecular flexibility index (Phi) is 5.88. The lowest BCUT2D eigenvalue weighted by Gasteiger charge is -2.09. The van der Waals surface area contributed by atoms with Crippen LogP contribution in [-0.2, 0) is 14.8 Å². The summed E-state index contributed by atoms with van der Waals surface area (Å²) in [6.45, 7) is -0.287. The van der Waals surface area contributed by atoms with Crippen LogP contribution in [0.15, 0.2) is 65.0 Å². The van der Waals surface area contributed by atoms with Crippen LogP contribution in [0.3, 0.4) is 0 Å². The molecule has 0 fully saturated rings. The highest BCUT2D eigenvalue weighted by molar-refractivity contribution is 7.93. The first-order valence-corrected chi connectivity index (χ1v) is 10.3. The van der Waals surface area contributed by atoms with Gasteiger partial charge >= 0.3 is 0 Å². The minimum atomic E-state index is -3.75. The predicted molar refractivity (Wildman–Crippen MR) is 105 cm³/mol. The van der Waals surface area contributed by atoms with Crippen molar-refractivity contribution in [2.24, 2.45) is 0 Å². The number of amides is 1. The van der Waals surface area contributed by atoms with E-state index in [-0.39, 0.29) is 16.6 Å². The number of hydrogen-bond acceptors (Lipinski definition) is 7. The number of sulfonamides is 1. The number of nitriles is 1. The van der Waals surface area contributed by atoms with Gasteiger partial charge in [0.2, 0.25) is 0 Å². The molecule has 0 aliphatic heterocycles. The molecule has 0 unspecified atom stereocenters. The monoisotopic (exact) mass is 414 g/mol. The van der Waals surface area contributed by atoms with E-state index in [0.717, 1.165) is 0 Å². The van der Waals surface area contributed by atoms with Crippen LogP contribution in [0.4, 0.5) is 10.8 Å². The number of nitrogens with one attached hydrogen (secondary N) is 2. The molecule has 0 radical (unpaired) electrons. The van der Waals surface area contributed by atoms with Crippen molar-refractivity contribution >= 4 is 38.1 Å². The Labute approximate surface area is 165 Å². The number of carbonyl (C=O) groups is 1. The minimum absolute atomic E-state index is 0.0416. The van der Waals surface area contributed by atoms with Crippen LogP contribution in [0.5, 0.6) is 5.75 Å². The van der Waals surface area contributed by atoms with Crippen molar-refractivity contribution in [2.75, 3.05) is 16.6 Å². The first-order chi connectivity index (χ1) is 13.5. The summed E-state index contributed by atoms with van der Waals surface area (Å²) in [4.78, 5) is 15.9. The number of thiazole rings is 1. The Morgan fingerprint density at radius 1 is 1.18 bits per heavy atom. The molecule has 0 spiro atoms. The van der Waals surface area contributed by atoms with E-state index in [1.165, 1.54) is 41.8 Å². The number of rotatable bonds is 7. The molecule has 2 N–H and O–H groups in total. The fraction of sp³-hybridized carbons (Fsp3) is 0.0556. The van der Waals surface area contributed by atoms with E-state index in [1.54, 1.807) is 29.6 Å². The molecule has 0 atom stereocenters. The maximum atomic E-state index is 12.3. The zero-order valence-corrected chi connectivity index (χ0v) is 16.0. The number of carbonyl (C=O) groups excluding carboxylic acids is 1. The molecule has 1 heterocycles. The molecule has 0 aliphatic rings. The average Bonchev–Trinajstić information content (AvgIpc) is 3.19. The zero-order chi connectivity index (χ0) is 20.0. The van der Waals surface area contributed by atoms with E-state index in [4.69, 9.17) is 10.00 Å². The van der Waals surface area contributed by atoms with Crippen molar-refractivity contribution in [1.29, 1.82) is 5.26 Å². The van der Waals surface area contributed by atoms with Crippen LogP contribution < -0.4 is 14.8 Å². The van der Waals surface area contributed by atoms with Gasteiger partial charge in [0.25, 0.3) is 15.9 Å². The van der Waals surface area contributed by atoms with E-state index in [0.29, 0.717) is 17.0 Å². The lowest BCUT2D eigenvalue weighted by Crippen LogP contribution is -2.20. The number of anilines is 2. The zero-order valence-electron chi connectivity index (χ0n) is 14.3. The molecular weight excluding hydrogens is 400 g/mol. The maximum absolute atomic E-state index is 12.3. The number of aromatic nitrogens is 1. The summed E-state index contributed by atoms with van der Waals surface area (Å²) in [6, 6.07) is 14.3. The number of benzene rings is 2. The predicted octanol–water partition coefficient (Wildman–Crippen LogP) is 2.83. The lowest BCUT2D eigenvalue weighted by molar-refractivity contribution is -0.118. The summed E-state index contributed by atoms with van der Waals surface area (Å²) in [6.07, 6.45) is 1.50. The second-order valence-electron chi connectivity index (χ2n) is 5.41. The van der Waals surface area contributed by atoms with Gasteiger partial charge in [-0.25, -0.2) is 13.4 Å². The second-order valence-corrected chi connectivity index (χ2v) is 7.99. The van der Waals surface area contributed by atoms with Crippen molar-refractivity contribution in [3.63, 3.8) is 0 Å². The van der Waals surface area contributed by atoms with Crippen molar-refractivity contribution in [3.8, 4) is 11.8 Å². The van der Waals surface area contributed by atoms with E-state index < -0.39 is 15.9 Å². The largest absolute Gasteiger partial charge is 0.482 e. The van der Waals surface area contributed by atoms with Crippen LogP contribution in [0, 0.1) is 11.3 Å². The standard InChI is InChI=1S/C18H14N4O4S2/c19-11-13-3-1-2-4-16(13)26-12-17(23)21-14-5-7-15(8-6-14)28(24,25)22-18-20-9-10-27-18/h1-10H,12H2,(H,20,22)(H,21,23). The normalized spacial score (nSPS) is 10.7. The fourth-order valence-electron chi connectivity index (χ4n) is 2.19. The number of para-hydroxylation sites is 1.